The van der Waals surface area contributed by atoms with Crippen molar-refractivity contribution in [3.63, 3.8) is 0 Å². The summed E-state index contributed by atoms with van der Waals surface area (Å²) in [4.78, 5) is 22.9. The van der Waals surface area contributed by atoms with E-state index in [0.717, 1.165) is 4.31 Å². The molecule has 0 aromatic heterocycles. The lowest BCUT2D eigenvalue weighted by molar-refractivity contribution is -0.141. The summed E-state index contributed by atoms with van der Waals surface area (Å²) in [7, 11) is -2.56. The summed E-state index contributed by atoms with van der Waals surface area (Å²) < 4.78 is 30.9. The lowest BCUT2D eigenvalue weighted by Crippen LogP contribution is -2.39. The van der Waals surface area contributed by atoms with Gasteiger partial charge in [-0.05, 0) is 19.1 Å². The van der Waals surface area contributed by atoms with Gasteiger partial charge in [0.25, 0.3) is 0 Å². The molecule has 6 nitrogen and oxygen atoms in total. The van der Waals surface area contributed by atoms with E-state index in [1.54, 1.807) is 0 Å². The van der Waals surface area contributed by atoms with Crippen LogP contribution in [0.15, 0.2) is 29.2 Å². The minimum absolute atomic E-state index is 0.0592. The molecule has 0 bridgehead atoms. The van der Waals surface area contributed by atoms with Crippen LogP contribution in [0.25, 0.3) is 0 Å². The molecule has 1 aromatic rings. The highest BCUT2D eigenvalue weighted by Gasteiger charge is 2.40. The number of esters is 1. The van der Waals surface area contributed by atoms with Crippen molar-refractivity contribution in [3.8, 4) is 0 Å². The summed E-state index contributed by atoms with van der Waals surface area (Å²) in [5.41, 5.74) is 0.439. The molecule has 1 heterocycles. The van der Waals surface area contributed by atoms with Crippen molar-refractivity contribution in [1.82, 2.24) is 4.31 Å². The molecule has 1 aliphatic rings. The average Bonchev–Trinajstić information content (AvgIpc) is 2.96. The fourth-order valence-electron chi connectivity index (χ4n) is 1.98. The number of sulfonamides is 1. The van der Waals surface area contributed by atoms with E-state index in [1.165, 1.54) is 50.1 Å². The van der Waals surface area contributed by atoms with E-state index < -0.39 is 21.4 Å². The molecule has 1 saturated heterocycles. The van der Waals surface area contributed by atoms with E-state index in [9.17, 15) is 18.0 Å². The van der Waals surface area contributed by atoms with Gasteiger partial charge in [-0.2, -0.15) is 4.31 Å². The molecule has 0 radical (unpaired) electrons. The number of hydrogen-bond acceptors (Lipinski definition) is 6. The Morgan fingerprint density at radius 3 is 2.43 bits per heavy atom. The SMILES string of the molecule is COC(=O)C1SCCN1S(=O)(=O)c1ccc(C(C)=O)cc1. The van der Waals surface area contributed by atoms with Crippen LogP contribution in [-0.2, 0) is 19.6 Å². The van der Waals surface area contributed by atoms with E-state index in [2.05, 4.69) is 4.74 Å². The van der Waals surface area contributed by atoms with E-state index >= 15 is 0 Å². The molecular weight excluding hydrogens is 314 g/mol. The second kappa shape index (κ2) is 6.17. The van der Waals surface area contributed by atoms with E-state index in [1.807, 2.05) is 0 Å². The molecular formula is C13H15NO5S2. The zero-order valence-corrected chi connectivity index (χ0v) is 13.2. The molecule has 0 spiro atoms. The first-order valence-corrected chi connectivity index (χ1v) is 8.69. The second-order valence-corrected chi connectivity index (χ2v) is 7.52. The molecule has 1 atom stereocenters. The van der Waals surface area contributed by atoms with Gasteiger partial charge in [0.2, 0.25) is 10.0 Å². The van der Waals surface area contributed by atoms with Crippen molar-refractivity contribution in [2.75, 3.05) is 19.4 Å². The third-order valence-corrected chi connectivity index (χ3v) is 6.31. The molecule has 0 aliphatic carbocycles. The summed E-state index contributed by atoms with van der Waals surface area (Å²) in [5.74, 6) is -0.186. The topological polar surface area (TPSA) is 80.8 Å². The molecule has 0 amide bonds. The number of methoxy groups -OCH3 is 1. The largest absolute Gasteiger partial charge is 0.467 e. The molecule has 1 aromatic carbocycles. The Balaban J connectivity index is 2.32. The molecule has 1 aliphatic heterocycles. The number of benzene rings is 1. The highest BCUT2D eigenvalue weighted by atomic mass is 32.2. The molecule has 0 N–H and O–H groups in total. The third-order valence-electron chi connectivity index (χ3n) is 3.12. The lowest BCUT2D eigenvalue weighted by Gasteiger charge is -2.21. The van der Waals surface area contributed by atoms with Crippen molar-refractivity contribution in [3.05, 3.63) is 29.8 Å². The normalized spacial score (nSPS) is 19.4. The summed E-state index contributed by atoms with van der Waals surface area (Å²) in [6.45, 7) is 1.66. The number of carbonyl (C=O) groups is 2. The third kappa shape index (κ3) is 3.12. The van der Waals surface area contributed by atoms with E-state index in [0.29, 0.717) is 11.3 Å². The minimum atomic E-state index is -3.79. The Hall–Kier alpha value is -1.38. The maximum atomic E-state index is 12.6. The summed E-state index contributed by atoms with van der Waals surface area (Å²) in [5, 5.41) is -0.854. The van der Waals surface area contributed by atoms with Crippen LogP contribution in [-0.4, -0.2) is 49.3 Å². The van der Waals surface area contributed by atoms with Crippen LogP contribution in [0, 0.1) is 0 Å². The fraction of sp³-hybridized carbons (Fsp3) is 0.385. The zero-order valence-electron chi connectivity index (χ0n) is 11.6. The Bertz CT molecular complexity index is 654. The van der Waals surface area contributed by atoms with Gasteiger partial charge in [0.15, 0.2) is 11.2 Å². The maximum absolute atomic E-state index is 12.6. The van der Waals surface area contributed by atoms with Gasteiger partial charge in [0.05, 0.1) is 12.0 Å². The molecule has 0 saturated carbocycles. The molecule has 114 valence electrons. The summed E-state index contributed by atoms with van der Waals surface area (Å²) in [6.07, 6.45) is 0. The number of ketones is 1. The number of rotatable bonds is 4. The predicted molar refractivity (Wildman–Crippen MR) is 78.6 cm³/mol. The summed E-state index contributed by atoms with van der Waals surface area (Å²) in [6, 6.07) is 5.68. The van der Waals surface area contributed by atoms with Gasteiger partial charge in [-0.3, -0.25) is 4.79 Å². The fourth-order valence-corrected chi connectivity index (χ4v) is 5.07. The maximum Gasteiger partial charge on any atom is 0.334 e. The average molecular weight is 329 g/mol. The Morgan fingerprint density at radius 2 is 1.90 bits per heavy atom. The van der Waals surface area contributed by atoms with Crippen LogP contribution in [0.1, 0.15) is 17.3 Å². The highest BCUT2D eigenvalue weighted by Crippen LogP contribution is 2.30. The monoisotopic (exact) mass is 329 g/mol. The first-order chi connectivity index (χ1) is 9.87. The van der Waals surface area contributed by atoms with Crippen molar-refractivity contribution >= 4 is 33.5 Å². The number of ether oxygens (including phenoxy) is 1. The molecule has 21 heavy (non-hydrogen) atoms. The Kier molecular flexibility index (Phi) is 4.70. The van der Waals surface area contributed by atoms with Gasteiger partial charge < -0.3 is 4.74 Å². The van der Waals surface area contributed by atoms with Crippen LogP contribution in [0.3, 0.4) is 0 Å². The van der Waals surface area contributed by atoms with E-state index in [4.69, 9.17) is 0 Å². The Morgan fingerprint density at radius 1 is 1.29 bits per heavy atom. The van der Waals surface area contributed by atoms with Gasteiger partial charge >= 0.3 is 5.97 Å². The van der Waals surface area contributed by atoms with Crippen LogP contribution in [0.5, 0.6) is 0 Å². The number of nitrogens with zero attached hydrogens (tertiary/aromatic N) is 1. The van der Waals surface area contributed by atoms with E-state index in [-0.39, 0.29) is 17.2 Å². The van der Waals surface area contributed by atoms with Crippen molar-refractivity contribution in [2.24, 2.45) is 0 Å². The standard InChI is InChI=1S/C13H15NO5S2/c1-9(15)10-3-5-11(6-4-10)21(17,18)14-7-8-20-12(14)13(16)19-2/h3-6,12H,7-8H2,1-2H3. The minimum Gasteiger partial charge on any atom is -0.467 e. The lowest BCUT2D eigenvalue weighted by atomic mass is 10.2. The van der Waals surface area contributed by atoms with Gasteiger partial charge in [-0.25, -0.2) is 13.2 Å². The summed E-state index contributed by atoms with van der Waals surface area (Å²) >= 11 is 1.23. The van der Waals surface area contributed by atoms with Crippen molar-refractivity contribution in [1.29, 1.82) is 0 Å². The number of hydrogen-bond donors (Lipinski definition) is 0. The number of carbonyl (C=O) groups excluding carboxylic acids is 2. The van der Waals surface area contributed by atoms with Crippen LogP contribution in [0.4, 0.5) is 0 Å². The van der Waals surface area contributed by atoms with Crippen molar-refractivity contribution in [2.45, 2.75) is 17.2 Å². The van der Waals surface area contributed by atoms with Gasteiger partial charge in [0, 0.05) is 17.9 Å². The second-order valence-electron chi connectivity index (χ2n) is 4.44. The first kappa shape index (κ1) is 16.0. The van der Waals surface area contributed by atoms with Gasteiger partial charge in [-0.15, -0.1) is 11.8 Å². The van der Waals surface area contributed by atoms with Crippen LogP contribution in [0.2, 0.25) is 0 Å². The zero-order chi connectivity index (χ0) is 15.6. The Labute approximate surface area is 127 Å². The molecule has 1 fully saturated rings. The molecule has 2 rings (SSSR count). The van der Waals surface area contributed by atoms with Crippen molar-refractivity contribution < 1.29 is 22.7 Å². The smallest absolute Gasteiger partial charge is 0.334 e. The molecule has 8 heteroatoms. The van der Waals surface area contributed by atoms with Crippen LogP contribution >= 0.6 is 11.8 Å². The number of Topliss-reactive ketones (excluding diaryl/α,β-unsaturated/α-hetero) is 1. The highest BCUT2D eigenvalue weighted by molar-refractivity contribution is 8.02. The quantitative estimate of drug-likeness (QED) is 0.608. The van der Waals surface area contributed by atoms with Gasteiger partial charge in [-0.1, -0.05) is 12.1 Å². The van der Waals surface area contributed by atoms with Gasteiger partial charge in [0.1, 0.15) is 0 Å². The number of thioether (sulfide) groups is 1. The first-order valence-electron chi connectivity index (χ1n) is 6.20. The predicted octanol–water partition coefficient (Wildman–Crippen LogP) is 1.13. The molecule has 1 unspecified atom stereocenters. The van der Waals surface area contributed by atoms with Crippen LogP contribution < -0.4 is 0 Å².